The van der Waals surface area contributed by atoms with E-state index in [1.807, 2.05) is 24.3 Å². The number of H-pyrrole nitrogens is 1. The number of hydrogen-bond donors (Lipinski definition) is 3. The molecule has 0 spiro atoms. The summed E-state index contributed by atoms with van der Waals surface area (Å²) >= 11 is 1.71. The van der Waals surface area contributed by atoms with E-state index in [4.69, 9.17) is 24.4 Å². The predicted molar refractivity (Wildman–Crippen MR) is 149 cm³/mol. The molecule has 5 heterocycles. The van der Waals surface area contributed by atoms with Gasteiger partial charge < -0.3 is 24.7 Å². The van der Waals surface area contributed by atoms with Gasteiger partial charge in [0.1, 0.15) is 0 Å². The highest BCUT2D eigenvalue weighted by molar-refractivity contribution is 7.15. The summed E-state index contributed by atoms with van der Waals surface area (Å²) in [5.74, 6) is 2.25. The number of carbonyl (C=O) groups is 1. The van der Waals surface area contributed by atoms with Gasteiger partial charge in [-0.1, -0.05) is 0 Å². The van der Waals surface area contributed by atoms with Gasteiger partial charge >= 0.3 is 6.03 Å². The van der Waals surface area contributed by atoms with Crippen LogP contribution in [0.2, 0.25) is 0 Å². The van der Waals surface area contributed by atoms with Crippen LogP contribution in [0.1, 0.15) is 4.88 Å². The normalized spacial score (nSPS) is 16.3. The smallest absolute Gasteiger partial charge is 0.326 e. The number of nitrogens with zero attached hydrogens (tertiary/aromatic N) is 6. The Morgan fingerprint density at radius 2 is 1.64 bits per heavy atom. The Balaban J connectivity index is 1.23. The molecule has 13 heteroatoms. The summed E-state index contributed by atoms with van der Waals surface area (Å²) < 4.78 is 11.0. The number of rotatable bonds is 7. The minimum absolute atomic E-state index is 0.374. The topological polar surface area (TPSA) is 133 Å². The lowest BCUT2D eigenvalue weighted by atomic mass is 10.2. The molecule has 4 aromatic rings. The van der Waals surface area contributed by atoms with E-state index in [9.17, 15) is 4.79 Å². The van der Waals surface area contributed by atoms with Crippen molar-refractivity contribution in [1.82, 2.24) is 29.8 Å². The molecule has 3 N–H and O–H groups in total. The number of anilines is 3. The van der Waals surface area contributed by atoms with Crippen LogP contribution in [0, 0.1) is 0 Å². The number of carbonyl (C=O) groups excluding carboxylic acids is 1. The molecule has 0 radical (unpaired) electrons. The summed E-state index contributed by atoms with van der Waals surface area (Å²) in [5.41, 5.74) is 1.46. The number of thiophene rings is 1. The molecule has 6 rings (SSSR count). The van der Waals surface area contributed by atoms with Crippen LogP contribution in [0.4, 0.5) is 22.4 Å². The van der Waals surface area contributed by atoms with Crippen LogP contribution in [0.3, 0.4) is 0 Å². The van der Waals surface area contributed by atoms with Crippen LogP contribution in [-0.2, 0) is 16.0 Å². The van der Waals surface area contributed by atoms with Gasteiger partial charge in [0.2, 0.25) is 11.9 Å². The summed E-state index contributed by atoms with van der Waals surface area (Å²) in [6.07, 6.45) is 3.21. The predicted octanol–water partition coefficient (Wildman–Crippen LogP) is 3.30. The second-order valence-corrected chi connectivity index (χ2v) is 10.3. The van der Waals surface area contributed by atoms with E-state index < -0.39 is 0 Å². The number of morpholine rings is 2. The van der Waals surface area contributed by atoms with E-state index in [1.165, 1.54) is 4.88 Å². The Bertz CT molecular complexity index is 1380. The minimum atomic E-state index is -0.389. The van der Waals surface area contributed by atoms with E-state index in [2.05, 4.69) is 42.5 Å². The van der Waals surface area contributed by atoms with Crippen LogP contribution in [0.15, 0.2) is 48.8 Å². The number of urea groups is 1. The molecule has 2 fully saturated rings. The van der Waals surface area contributed by atoms with E-state index in [0.717, 1.165) is 56.4 Å². The number of nitrogens with one attached hydrogen (secondary N) is 3. The molecule has 0 aliphatic carbocycles. The maximum Gasteiger partial charge on any atom is 0.326 e. The highest BCUT2D eigenvalue weighted by Crippen LogP contribution is 2.30. The summed E-state index contributed by atoms with van der Waals surface area (Å²) in [6.45, 7) is 7.07. The summed E-state index contributed by atoms with van der Waals surface area (Å²) in [7, 11) is 0. The first-order chi connectivity index (χ1) is 19.2. The standard InChI is InChI=1S/C26H29N9O3S/c36-26(33-24-27-7-8-28-24)29-19-3-1-18(2-4-19)22-30-23(32-25(31-22)35-11-15-38-16-12-35)21-6-5-20(39-21)17-34-9-13-37-14-10-34/h1-8H,9-17H2,(H3,27,28,29,33,36). The Morgan fingerprint density at radius 1 is 0.897 bits per heavy atom. The van der Waals surface area contributed by atoms with Gasteiger partial charge in [-0.2, -0.15) is 9.97 Å². The van der Waals surface area contributed by atoms with Gasteiger partial charge in [-0.3, -0.25) is 10.2 Å². The molecule has 2 amide bonds. The van der Waals surface area contributed by atoms with Crippen LogP contribution in [0.25, 0.3) is 22.1 Å². The first kappa shape index (κ1) is 25.4. The Labute approximate surface area is 229 Å². The fourth-order valence-electron chi connectivity index (χ4n) is 4.38. The van der Waals surface area contributed by atoms with Crippen LogP contribution in [-0.4, -0.2) is 88.5 Å². The van der Waals surface area contributed by atoms with Crippen molar-refractivity contribution in [1.29, 1.82) is 0 Å². The lowest BCUT2D eigenvalue weighted by Crippen LogP contribution is -2.37. The Hall–Kier alpha value is -3.91. The van der Waals surface area contributed by atoms with Crippen molar-refractivity contribution in [2.45, 2.75) is 6.54 Å². The molecule has 12 nitrogen and oxygen atoms in total. The number of aromatic amines is 1. The largest absolute Gasteiger partial charge is 0.379 e. The third-order valence-electron chi connectivity index (χ3n) is 6.41. The number of amides is 2. The minimum Gasteiger partial charge on any atom is -0.379 e. The van der Waals surface area contributed by atoms with Crippen molar-refractivity contribution in [2.24, 2.45) is 0 Å². The first-order valence-electron chi connectivity index (χ1n) is 12.9. The quantitative estimate of drug-likeness (QED) is 0.319. The van der Waals surface area contributed by atoms with Gasteiger partial charge in [-0.05, 0) is 36.4 Å². The molecule has 3 aromatic heterocycles. The van der Waals surface area contributed by atoms with Crippen molar-refractivity contribution in [3.63, 3.8) is 0 Å². The van der Waals surface area contributed by atoms with Crippen molar-refractivity contribution in [3.05, 3.63) is 53.7 Å². The SMILES string of the molecule is O=C(Nc1ccc(-c2nc(-c3ccc(CN4CCOCC4)s3)nc(N3CCOCC3)n2)cc1)Nc1ncc[nH]1. The maximum absolute atomic E-state index is 12.2. The molecule has 0 unspecified atom stereocenters. The van der Waals surface area contributed by atoms with Gasteiger partial charge in [0.05, 0.1) is 31.3 Å². The molecule has 2 aliphatic heterocycles. The van der Waals surface area contributed by atoms with E-state index in [1.54, 1.807) is 23.7 Å². The molecule has 1 aromatic carbocycles. The Kier molecular flexibility index (Phi) is 7.72. The van der Waals surface area contributed by atoms with Gasteiger partial charge in [-0.25, -0.2) is 14.8 Å². The Morgan fingerprint density at radius 3 is 2.38 bits per heavy atom. The highest BCUT2D eigenvalue weighted by atomic mass is 32.1. The third-order valence-corrected chi connectivity index (χ3v) is 7.48. The zero-order chi connectivity index (χ0) is 26.4. The monoisotopic (exact) mass is 547 g/mol. The molecule has 0 bridgehead atoms. The van der Waals surface area contributed by atoms with Gasteiger partial charge in [0.15, 0.2) is 11.6 Å². The third kappa shape index (κ3) is 6.40. The summed E-state index contributed by atoms with van der Waals surface area (Å²) in [6, 6.07) is 11.3. The second kappa shape index (κ2) is 11.9. The molecule has 0 atom stereocenters. The lowest BCUT2D eigenvalue weighted by Gasteiger charge is -2.27. The van der Waals surface area contributed by atoms with E-state index in [0.29, 0.717) is 42.4 Å². The van der Waals surface area contributed by atoms with Gasteiger partial charge in [0, 0.05) is 61.2 Å². The summed E-state index contributed by atoms with van der Waals surface area (Å²) in [4.78, 5) is 40.4. The van der Waals surface area contributed by atoms with Crippen molar-refractivity contribution in [2.75, 3.05) is 68.1 Å². The average molecular weight is 548 g/mol. The van der Waals surface area contributed by atoms with Crippen molar-refractivity contribution in [3.8, 4) is 22.1 Å². The molecule has 39 heavy (non-hydrogen) atoms. The number of ether oxygens (including phenoxy) is 2. The van der Waals surface area contributed by atoms with E-state index >= 15 is 0 Å². The highest BCUT2D eigenvalue weighted by Gasteiger charge is 2.19. The molecule has 2 saturated heterocycles. The molecular weight excluding hydrogens is 518 g/mol. The van der Waals surface area contributed by atoms with Crippen molar-refractivity contribution < 1.29 is 14.3 Å². The molecular formula is C26H29N9O3S. The number of hydrogen-bond acceptors (Lipinski definition) is 10. The molecule has 0 saturated carbocycles. The fourth-order valence-corrected chi connectivity index (χ4v) is 5.36. The molecule has 2 aliphatic rings. The zero-order valence-electron chi connectivity index (χ0n) is 21.3. The van der Waals surface area contributed by atoms with Gasteiger partial charge in [0.25, 0.3) is 0 Å². The maximum atomic E-state index is 12.2. The fraction of sp³-hybridized carbons (Fsp3) is 0.346. The summed E-state index contributed by atoms with van der Waals surface area (Å²) in [5, 5.41) is 5.44. The lowest BCUT2D eigenvalue weighted by molar-refractivity contribution is 0.0346. The zero-order valence-corrected chi connectivity index (χ0v) is 22.1. The van der Waals surface area contributed by atoms with E-state index in [-0.39, 0.29) is 6.03 Å². The number of benzene rings is 1. The molecule has 202 valence electrons. The average Bonchev–Trinajstić information content (AvgIpc) is 3.67. The number of aromatic nitrogens is 5. The second-order valence-electron chi connectivity index (χ2n) is 9.13. The first-order valence-corrected chi connectivity index (χ1v) is 13.7. The van der Waals surface area contributed by atoms with Gasteiger partial charge in [-0.15, -0.1) is 11.3 Å². The van der Waals surface area contributed by atoms with Crippen LogP contribution < -0.4 is 15.5 Å². The van der Waals surface area contributed by atoms with Crippen molar-refractivity contribution >= 4 is 35.0 Å². The number of imidazole rings is 1. The van der Waals surface area contributed by atoms with Crippen LogP contribution >= 0.6 is 11.3 Å². The van der Waals surface area contributed by atoms with Crippen LogP contribution in [0.5, 0.6) is 0 Å².